The molecule has 3 heterocycles. The monoisotopic (exact) mass is 466 g/mol. The summed E-state index contributed by atoms with van der Waals surface area (Å²) in [4.78, 5) is 28.7. The molecule has 1 aliphatic rings. The first-order chi connectivity index (χ1) is 14.8. The van der Waals surface area contributed by atoms with Gasteiger partial charge >= 0.3 is 6.18 Å². The van der Waals surface area contributed by atoms with Crippen LogP contribution in [0, 0.1) is 0 Å². The summed E-state index contributed by atoms with van der Waals surface area (Å²) in [7, 11) is 0. The standard InChI is InChI=1S/C21H17F3N2O3S2/c22-21(23,24)13-5-6-17-16(9-13)25-20(28)18(31-17)10-19(27)26(11-14-3-1-7-29-14)12-15-4-2-8-30-15/h1-9,18H,10-12H2,(H,25,28). The van der Waals surface area contributed by atoms with E-state index >= 15 is 0 Å². The number of anilines is 1. The third-order valence-corrected chi connectivity index (χ3v) is 6.83. The number of amides is 2. The van der Waals surface area contributed by atoms with Crippen LogP contribution < -0.4 is 5.32 Å². The lowest BCUT2D eigenvalue weighted by Gasteiger charge is -2.27. The number of rotatable bonds is 6. The number of halogens is 3. The van der Waals surface area contributed by atoms with Crippen molar-refractivity contribution in [3.63, 3.8) is 0 Å². The molecule has 1 aromatic carbocycles. The molecule has 3 aromatic rings. The highest BCUT2D eigenvalue weighted by atomic mass is 32.2. The molecule has 162 valence electrons. The number of alkyl halides is 3. The van der Waals surface area contributed by atoms with Crippen molar-refractivity contribution in [1.82, 2.24) is 4.90 Å². The van der Waals surface area contributed by atoms with Crippen molar-refractivity contribution in [3.8, 4) is 0 Å². The summed E-state index contributed by atoms with van der Waals surface area (Å²) in [6, 6.07) is 10.5. The fourth-order valence-electron chi connectivity index (χ4n) is 3.16. The summed E-state index contributed by atoms with van der Waals surface area (Å²) in [6.07, 6.45) is -3.05. The van der Waals surface area contributed by atoms with E-state index < -0.39 is 22.9 Å². The van der Waals surface area contributed by atoms with Crippen LogP contribution in [-0.4, -0.2) is 22.0 Å². The molecule has 31 heavy (non-hydrogen) atoms. The smallest absolute Gasteiger partial charge is 0.416 e. The van der Waals surface area contributed by atoms with Crippen molar-refractivity contribution in [3.05, 3.63) is 70.3 Å². The molecule has 0 radical (unpaired) electrons. The predicted octanol–water partition coefficient (Wildman–Crippen LogP) is 5.39. The Bertz CT molecular complexity index is 1030. The number of benzene rings is 1. The molecule has 0 bridgehead atoms. The normalized spacial score (nSPS) is 16.0. The van der Waals surface area contributed by atoms with Gasteiger partial charge in [0.25, 0.3) is 0 Å². The Kier molecular flexibility index (Phi) is 6.10. The molecule has 2 amide bonds. The van der Waals surface area contributed by atoms with E-state index in [1.165, 1.54) is 23.7 Å². The van der Waals surface area contributed by atoms with Gasteiger partial charge in [-0.3, -0.25) is 9.59 Å². The van der Waals surface area contributed by atoms with E-state index in [0.717, 1.165) is 28.8 Å². The Morgan fingerprint density at radius 3 is 2.68 bits per heavy atom. The van der Waals surface area contributed by atoms with E-state index in [2.05, 4.69) is 5.32 Å². The second-order valence-corrected chi connectivity index (χ2v) is 9.19. The first-order valence-corrected chi connectivity index (χ1v) is 11.1. The maximum absolute atomic E-state index is 13.1. The number of furan rings is 1. The van der Waals surface area contributed by atoms with Crippen LogP contribution in [-0.2, 0) is 28.9 Å². The van der Waals surface area contributed by atoms with Crippen LogP contribution in [0.5, 0.6) is 0 Å². The van der Waals surface area contributed by atoms with Crippen LogP contribution >= 0.6 is 23.1 Å². The SMILES string of the molecule is O=C1Nc2cc(C(F)(F)F)ccc2SC1CC(=O)N(Cc1ccco1)Cc1cccs1. The minimum Gasteiger partial charge on any atom is -0.467 e. The molecule has 1 aliphatic heterocycles. The van der Waals surface area contributed by atoms with Gasteiger partial charge in [0, 0.05) is 16.2 Å². The van der Waals surface area contributed by atoms with Gasteiger partial charge < -0.3 is 14.6 Å². The minimum atomic E-state index is -4.49. The second kappa shape index (κ2) is 8.80. The molecule has 2 aromatic heterocycles. The maximum Gasteiger partial charge on any atom is 0.416 e. The van der Waals surface area contributed by atoms with Gasteiger partial charge in [0.15, 0.2) is 0 Å². The molecule has 1 unspecified atom stereocenters. The van der Waals surface area contributed by atoms with Crippen molar-refractivity contribution < 1.29 is 27.2 Å². The Morgan fingerprint density at radius 2 is 2.00 bits per heavy atom. The van der Waals surface area contributed by atoms with E-state index in [-0.39, 0.29) is 24.6 Å². The molecular formula is C21H17F3N2O3S2. The lowest BCUT2D eigenvalue weighted by molar-refractivity contribution is -0.137. The van der Waals surface area contributed by atoms with E-state index in [1.54, 1.807) is 17.0 Å². The third kappa shape index (κ3) is 5.13. The van der Waals surface area contributed by atoms with Gasteiger partial charge in [-0.15, -0.1) is 23.1 Å². The fourth-order valence-corrected chi connectivity index (χ4v) is 4.96. The molecule has 0 spiro atoms. The first-order valence-electron chi connectivity index (χ1n) is 9.31. The van der Waals surface area contributed by atoms with Gasteiger partial charge in [-0.2, -0.15) is 13.2 Å². The molecule has 1 N–H and O–H groups in total. The Morgan fingerprint density at radius 1 is 1.16 bits per heavy atom. The van der Waals surface area contributed by atoms with Crippen LogP contribution in [0.1, 0.15) is 22.6 Å². The van der Waals surface area contributed by atoms with Crippen LogP contribution in [0.3, 0.4) is 0 Å². The number of hydrogen-bond acceptors (Lipinski definition) is 5. The number of nitrogens with one attached hydrogen (secondary N) is 1. The highest BCUT2D eigenvalue weighted by molar-refractivity contribution is 8.01. The molecule has 0 saturated heterocycles. The van der Waals surface area contributed by atoms with E-state index in [4.69, 9.17) is 4.42 Å². The van der Waals surface area contributed by atoms with E-state index in [9.17, 15) is 22.8 Å². The van der Waals surface area contributed by atoms with E-state index in [0.29, 0.717) is 17.2 Å². The summed E-state index contributed by atoms with van der Waals surface area (Å²) in [5.74, 6) is -0.109. The van der Waals surface area contributed by atoms with Crippen LogP contribution in [0.2, 0.25) is 0 Å². The average molecular weight is 467 g/mol. The first kappa shape index (κ1) is 21.5. The lowest BCUT2D eigenvalue weighted by atomic mass is 10.1. The predicted molar refractivity (Wildman–Crippen MR) is 112 cm³/mol. The van der Waals surface area contributed by atoms with Gasteiger partial charge in [0.05, 0.1) is 35.9 Å². The molecule has 0 aliphatic carbocycles. The van der Waals surface area contributed by atoms with Crippen LogP contribution in [0.15, 0.2) is 63.4 Å². The maximum atomic E-state index is 13.1. The Balaban J connectivity index is 1.48. The highest BCUT2D eigenvalue weighted by Crippen LogP contribution is 2.40. The number of nitrogens with zero attached hydrogens (tertiary/aromatic N) is 1. The zero-order chi connectivity index (χ0) is 22.0. The minimum absolute atomic E-state index is 0.0803. The van der Waals surface area contributed by atoms with Crippen molar-refractivity contribution in [2.75, 3.05) is 5.32 Å². The zero-order valence-electron chi connectivity index (χ0n) is 16.0. The third-order valence-electron chi connectivity index (χ3n) is 4.69. The summed E-state index contributed by atoms with van der Waals surface area (Å²) in [5.41, 5.74) is -0.721. The molecular weight excluding hydrogens is 449 g/mol. The molecule has 1 atom stereocenters. The quantitative estimate of drug-likeness (QED) is 0.529. The van der Waals surface area contributed by atoms with Crippen molar-refractivity contribution in [2.24, 2.45) is 0 Å². The largest absolute Gasteiger partial charge is 0.467 e. The molecule has 5 nitrogen and oxygen atoms in total. The van der Waals surface area contributed by atoms with Gasteiger partial charge in [0.1, 0.15) is 5.76 Å². The summed E-state index contributed by atoms with van der Waals surface area (Å²) < 4.78 is 44.1. The summed E-state index contributed by atoms with van der Waals surface area (Å²) in [6.45, 7) is 0.635. The number of carbonyl (C=O) groups excluding carboxylic acids is 2. The molecule has 0 fully saturated rings. The van der Waals surface area contributed by atoms with Crippen molar-refractivity contribution in [1.29, 1.82) is 0 Å². The number of fused-ring (bicyclic) bond motifs is 1. The topological polar surface area (TPSA) is 62.6 Å². The number of hydrogen-bond donors (Lipinski definition) is 1. The summed E-state index contributed by atoms with van der Waals surface area (Å²) >= 11 is 2.62. The lowest BCUT2D eigenvalue weighted by Crippen LogP contribution is -2.37. The van der Waals surface area contributed by atoms with Gasteiger partial charge in [-0.05, 0) is 41.8 Å². The Hall–Kier alpha value is -2.72. The average Bonchev–Trinajstić information content (AvgIpc) is 3.41. The molecule has 10 heteroatoms. The Labute approximate surface area is 184 Å². The molecule has 4 rings (SSSR count). The van der Waals surface area contributed by atoms with E-state index in [1.807, 2.05) is 17.5 Å². The van der Waals surface area contributed by atoms with Crippen LogP contribution in [0.25, 0.3) is 0 Å². The van der Waals surface area contributed by atoms with Gasteiger partial charge in [0.2, 0.25) is 11.8 Å². The fraction of sp³-hybridized carbons (Fsp3) is 0.238. The number of thioether (sulfide) groups is 1. The second-order valence-electron chi connectivity index (χ2n) is 6.92. The number of thiophene rings is 1. The van der Waals surface area contributed by atoms with Crippen molar-refractivity contribution in [2.45, 2.75) is 35.8 Å². The van der Waals surface area contributed by atoms with Crippen LogP contribution in [0.4, 0.5) is 18.9 Å². The van der Waals surface area contributed by atoms with Gasteiger partial charge in [-0.1, -0.05) is 6.07 Å². The van der Waals surface area contributed by atoms with Crippen molar-refractivity contribution >= 4 is 40.6 Å². The highest BCUT2D eigenvalue weighted by Gasteiger charge is 2.35. The van der Waals surface area contributed by atoms with Gasteiger partial charge in [-0.25, -0.2) is 0 Å². The zero-order valence-corrected chi connectivity index (χ0v) is 17.7. The summed E-state index contributed by atoms with van der Waals surface area (Å²) in [5, 5.41) is 3.69. The molecule has 0 saturated carbocycles. The number of carbonyl (C=O) groups is 2.